The summed E-state index contributed by atoms with van der Waals surface area (Å²) >= 11 is 0. The third-order valence-electron chi connectivity index (χ3n) is 2.87. The molecule has 0 aromatic carbocycles. The van der Waals surface area contributed by atoms with E-state index in [1.54, 1.807) is 27.7 Å². The van der Waals surface area contributed by atoms with Crippen LogP contribution in [0, 0.1) is 5.41 Å². The summed E-state index contributed by atoms with van der Waals surface area (Å²) in [4.78, 5) is 23.2. The molecule has 4 nitrogen and oxygen atoms in total. The van der Waals surface area contributed by atoms with Crippen LogP contribution in [0.3, 0.4) is 0 Å². The highest BCUT2D eigenvalue weighted by Crippen LogP contribution is 2.35. The van der Waals surface area contributed by atoms with Gasteiger partial charge in [0.2, 0.25) is 0 Å². The van der Waals surface area contributed by atoms with Crippen LogP contribution < -0.4 is 0 Å². The van der Waals surface area contributed by atoms with Crippen LogP contribution in [0.4, 0.5) is 0 Å². The predicted molar refractivity (Wildman–Crippen MR) is 49.3 cm³/mol. The topological polar surface area (TPSA) is 52.6 Å². The molecule has 0 aromatic heterocycles. The first-order chi connectivity index (χ1) is 6.38. The molecule has 1 heterocycles. The highest BCUT2D eigenvalue weighted by atomic mass is 16.7. The molecule has 0 radical (unpaired) electrons. The van der Waals surface area contributed by atoms with Gasteiger partial charge in [0.1, 0.15) is 0 Å². The Morgan fingerprint density at radius 1 is 1.00 bits per heavy atom. The van der Waals surface area contributed by atoms with Crippen LogP contribution in [0.1, 0.15) is 40.5 Å². The van der Waals surface area contributed by atoms with Gasteiger partial charge in [-0.15, -0.1) is 0 Å². The molecule has 1 rings (SSSR count). The van der Waals surface area contributed by atoms with E-state index in [-0.39, 0.29) is 0 Å². The minimum atomic E-state index is -1.13. The third-order valence-corrected chi connectivity index (χ3v) is 2.87. The van der Waals surface area contributed by atoms with Crippen LogP contribution >= 0.6 is 0 Å². The smallest absolute Gasteiger partial charge is 0.326 e. The summed E-state index contributed by atoms with van der Waals surface area (Å²) in [5.41, 5.74) is -1.13. The zero-order chi connectivity index (χ0) is 11.0. The molecule has 1 saturated heterocycles. The Kier molecular flexibility index (Phi) is 2.56. The summed E-state index contributed by atoms with van der Waals surface area (Å²) in [5.74, 6) is -2.05. The molecule has 0 saturated carbocycles. The molecular formula is C10H16O4. The molecule has 0 N–H and O–H groups in total. The van der Waals surface area contributed by atoms with E-state index < -0.39 is 23.1 Å². The Bertz CT molecular complexity index is 251. The van der Waals surface area contributed by atoms with Gasteiger partial charge in [-0.25, -0.2) is 0 Å². The molecule has 1 aliphatic rings. The van der Waals surface area contributed by atoms with Crippen LogP contribution in [-0.4, -0.2) is 17.7 Å². The highest BCUT2D eigenvalue weighted by molar-refractivity contribution is 6.01. The standard InChI is InChI=1S/C10H16O4/c1-5-9(3)7(11)13-10(4,6-2)14-8(9)12/h5-6H2,1-4H3. The predicted octanol–water partition coefficient (Wildman–Crippen LogP) is 1.63. The molecule has 0 amide bonds. The fourth-order valence-electron chi connectivity index (χ4n) is 1.15. The third kappa shape index (κ3) is 1.49. The first-order valence-corrected chi connectivity index (χ1v) is 4.85. The summed E-state index contributed by atoms with van der Waals surface area (Å²) < 4.78 is 10.2. The van der Waals surface area contributed by atoms with Crippen molar-refractivity contribution in [1.82, 2.24) is 0 Å². The summed E-state index contributed by atoms with van der Waals surface area (Å²) in [5, 5.41) is 0. The van der Waals surface area contributed by atoms with Crippen molar-refractivity contribution >= 4 is 11.9 Å². The lowest BCUT2D eigenvalue weighted by atomic mass is 9.86. The fraction of sp³-hybridized carbons (Fsp3) is 0.800. The second-order valence-corrected chi connectivity index (χ2v) is 3.95. The van der Waals surface area contributed by atoms with Gasteiger partial charge in [-0.05, 0) is 13.3 Å². The second kappa shape index (κ2) is 3.26. The zero-order valence-corrected chi connectivity index (χ0v) is 9.05. The van der Waals surface area contributed by atoms with Gasteiger partial charge in [0.25, 0.3) is 5.79 Å². The molecule has 0 bridgehead atoms. The molecule has 0 aliphatic carbocycles. The average molecular weight is 200 g/mol. The Hall–Kier alpha value is -1.06. The van der Waals surface area contributed by atoms with E-state index >= 15 is 0 Å². The number of hydrogen-bond donors (Lipinski definition) is 0. The lowest BCUT2D eigenvalue weighted by Gasteiger charge is -2.39. The number of cyclic esters (lactones) is 2. The van der Waals surface area contributed by atoms with E-state index in [1.807, 2.05) is 0 Å². The number of esters is 2. The van der Waals surface area contributed by atoms with Crippen LogP contribution in [0.2, 0.25) is 0 Å². The number of hydrogen-bond acceptors (Lipinski definition) is 4. The molecule has 14 heavy (non-hydrogen) atoms. The molecule has 80 valence electrons. The number of carbonyl (C=O) groups excluding carboxylic acids is 2. The van der Waals surface area contributed by atoms with E-state index in [2.05, 4.69) is 0 Å². The quantitative estimate of drug-likeness (QED) is 0.502. The number of rotatable bonds is 2. The largest absolute Gasteiger partial charge is 0.422 e. The normalized spacial score (nSPS) is 37.7. The monoisotopic (exact) mass is 200 g/mol. The molecule has 0 atom stereocenters. The van der Waals surface area contributed by atoms with Crippen molar-refractivity contribution in [3.8, 4) is 0 Å². The van der Waals surface area contributed by atoms with E-state index in [0.717, 1.165) is 0 Å². The maximum absolute atomic E-state index is 11.6. The number of carbonyl (C=O) groups is 2. The fourth-order valence-corrected chi connectivity index (χ4v) is 1.15. The maximum atomic E-state index is 11.6. The number of ether oxygens (including phenoxy) is 2. The van der Waals surface area contributed by atoms with Crippen molar-refractivity contribution in [2.24, 2.45) is 5.41 Å². The van der Waals surface area contributed by atoms with Crippen molar-refractivity contribution in [3.63, 3.8) is 0 Å². The molecule has 4 heteroatoms. The molecule has 0 aromatic rings. The van der Waals surface area contributed by atoms with Gasteiger partial charge in [0.15, 0.2) is 5.41 Å². The van der Waals surface area contributed by atoms with Crippen LogP contribution in [0.5, 0.6) is 0 Å². The summed E-state index contributed by atoms with van der Waals surface area (Å²) in [6.07, 6.45) is 0.856. The molecular weight excluding hydrogens is 184 g/mol. The molecule has 1 fully saturated rings. The molecule has 0 spiro atoms. The summed E-state index contributed by atoms with van der Waals surface area (Å²) in [7, 11) is 0. The Morgan fingerprint density at radius 2 is 1.43 bits per heavy atom. The summed E-state index contributed by atoms with van der Waals surface area (Å²) in [6.45, 7) is 6.71. The average Bonchev–Trinajstić information content (AvgIpc) is 2.14. The van der Waals surface area contributed by atoms with Gasteiger partial charge in [0.05, 0.1) is 0 Å². The van der Waals surface area contributed by atoms with Crippen molar-refractivity contribution in [3.05, 3.63) is 0 Å². The van der Waals surface area contributed by atoms with Gasteiger partial charge in [-0.2, -0.15) is 0 Å². The minimum Gasteiger partial charge on any atom is -0.422 e. The maximum Gasteiger partial charge on any atom is 0.326 e. The van der Waals surface area contributed by atoms with Crippen LogP contribution in [-0.2, 0) is 19.1 Å². The highest BCUT2D eigenvalue weighted by Gasteiger charge is 2.52. The Morgan fingerprint density at radius 3 is 1.71 bits per heavy atom. The Labute approximate surface area is 83.6 Å². The van der Waals surface area contributed by atoms with E-state index in [0.29, 0.717) is 12.8 Å². The zero-order valence-electron chi connectivity index (χ0n) is 9.05. The van der Waals surface area contributed by atoms with Crippen LogP contribution in [0.15, 0.2) is 0 Å². The SMILES string of the molecule is CCC1(C)OC(=O)C(C)(CC)C(=O)O1. The van der Waals surface area contributed by atoms with Crippen molar-refractivity contribution in [2.45, 2.75) is 46.3 Å². The Balaban J connectivity index is 2.95. The lowest BCUT2D eigenvalue weighted by molar-refractivity contribution is -0.256. The van der Waals surface area contributed by atoms with E-state index in [4.69, 9.17) is 9.47 Å². The summed E-state index contributed by atoms with van der Waals surface area (Å²) in [6, 6.07) is 0. The van der Waals surface area contributed by atoms with Crippen molar-refractivity contribution in [1.29, 1.82) is 0 Å². The van der Waals surface area contributed by atoms with Gasteiger partial charge in [-0.1, -0.05) is 13.8 Å². The molecule has 1 aliphatic heterocycles. The van der Waals surface area contributed by atoms with Crippen molar-refractivity contribution < 1.29 is 19.1 Å². The van der Waals surface area contributed by atoms with Gasteiger partial charge in [-0.3, -0.25) is 9.59 Å². The van der Waals surface area contributed by atoms with E-state index in [9.17, 15) is 9.59 Å². The first-order valence-electron chi connectivity index (χ1n) is 4.85. The lowest BCUT2D eigenvalue weighted by Crippen LogP contribution is -2.53. The first kappa shape index (κ1) is 11.0. The van der Waals surface area contributed by atoms with Gasteiger partial charge in [0, 0.05) is 13.3 Å². The minimum absolute atomic E-state index is 0.393. The van der Waals surface area contributed by atoms with E-state index in [1.165, 1.54) is 0 Å². The van der Waals surface area contributed by atoms with Gasteiger partial charge < -0.3 is 9.47 Å². The van der Waals surface area contributed by atoms with Crippen LogP contribution in [0.25, 0.3) is 0 Å². The van der Waals surface area contributed by atoms with Crippen molar-refractivity contribution in [2.75, 3.05) is 0 Å². The second-order valence-electron chi connectivity index (χ2n) is 3.95. The molecule has 0 unspecified atom stereocenters. The van der Waals surface area contributed by atoms with Gasteiger partial charge >= 0.3 is 11.9 Å².